The van der Waals surface area contributed by atoms with Crippen molar-refractivity contribution in [2.24, 2.45) is 5.73 Å². The number of rotatable bonds is 4. The van der Waals surface area contributed by atoms with E-state index in [1.165, 1.54) is 24.3 Å². The van der Waals surface area contributed by atoms with Crippen molar-refractivity contribution in [3.63, 3.8) is 0 Å². The Kier molecular flexibility index (Phi) is 4.29. The summed E-state index contributed by atoms with van der Waals surface area (Å²) in [4.78, 5) is 0.0956. The second-order valence-corrected chi connectivity index (χ2v) is 6.61. The lowest BCUT2D eigenvalue weighted by Crippen LogP contribution is -2.14. The first-order chi connectivity index (χ1) is 9.79. The average molecular weight is 308 g/mol. The number of benzene rings is 2. The lowest BCUT2D eigenvalue weighted by Gasteiger charge is -2.11. The Morgan fingerprint density at radius 3 is 2.52 bits per heavy atom. The largest absolute Gasteiger partial charge is 0.324 e. The molecule has 0 aliphatic carbocycles. The van der Waals surface area contributed by atoms with E-state index in [1.807, 2.05) is 0 Å². The van der Waals surface area contributed by atoms with Gasteiger partial charge in [0.05, 0.1) is 10.6 Å². The molecule has 21 heavy (non-hydrogen) atoms. The van der Waals surface area contributed by atoms with Gasteiger partial charge in [-0.3, -0.25) is 4.72 Å². The van der Waals surface area contributed by atoms with E-state index in [4.69, 9.17) is 5.73 Å². The Bertz CT molecular complexity index is 758. The average Bonchev–Trinajstić information content (AvgIpc) is 2.43. The molecule has 0 saturated carbocycles. The summed E-state index contributed by atoms with van der Waals surface area (Å²) >= 11 is 0. The summed E-state index contributed by atoms with van der Waals surface area (Å²) in [5, 5.41) is 0. The molecule has 4 nitrogen and oxygen atoms in total. The van der Waals surface area contributed by atoms with Gasteiger partial charge in [-0.15, -0.1) is 0 Å². The first-order valence-corrected chi connectivity index (χ1v) is 7.92. The zero-order chi connectivity index (χ0) is 15.6. The monoisotopic (exact) mass is 308 g/mol. The molecular formula is C15H17FN2O2S. The number of hydrogen-bond donors (Lipinski definition) is 2. The summed E-state index contributed by atoms with van der Waals surface area (Å²) in [5.41, 5.74) is 7.11. The number of nitrogens with two attached hydrogens (primary N) is 1. The molecule has 3 N–H and O–H groups in total. The van der Waals surface area contributed by atoms with Crippen LogP contribution in [0.15, 0.2) is 47.4 Å². The van der Waals surface area contributed by atoms with Crippen molar-refractivity contribution < 1.29 is 12.8 Å². The van der Waals surface area contributed by atoms with Crippen molar-refractivity contribution in [2.45, 2.75) is 24.8 Å². The van der Waals surface area contributed by atoms with Crippen LogP contribution in [0, 0.1) is 12.7 Å². The Morgan fingerprint density at radius 1 is 1.19 bits per heavy atom. The van der Waals surface area contributed by atoms with Crippen molar-refractivity contribution in [3.8, 4) is 0 Å². The van der Waals surface area contributed by atoms with E-state index in [1.54, 1.807) is 26.0 Å². The maximum atomic E-state index is 13.5. The second-order valence-electron chi connectivity index (χ2n) is 4.93. The number of nitrogens with one attached hydrogen (secondary N) is 1. The topological polar surface area (TPSA) is 72.2 Å². The molecule has 0 amide bonds. The van der Waals surface area contributed by atoms with Gasteiger partial charge < -0.3 is 5.73 Å². The second kappa shape index (κ2) is 5.83. The summed E-state index contributed by atoms with van der Waals surface area (Å²) in [7, 11) is -3.77. The van der Waals surface area contributed by atoms with E-state index in [0.717, 1.165) is 6.07 Å². The minimum Gasteiger partial charge on any atom is -0.324 e. The number of anilines is 1. The zero-order valence-electron chi connectivity index (χ0n) is 11.8. The number of halogens is 1. The zero-order valence-corrected chi connectivity index (χ0v) is 12.6. The normalized spacial score (nSPS) is 13.0. The highest BCUT2D eigenvalue weighted by Gasteiger charge is 2.16. The van der Waals surface area contributed by atoms with Gasteiger partial charge in [0, 0.05) is 6.04 Å². The summed E-state index contributed by atoms with van der Waals surface area (Å²) in [6, 6.07) is 10.3. The molecule has 0 aromatic heterocycles. The third-order valence-electron chi connectivity index (χ3n) is 3.12. The van der Waals surface area contributed by atoms with Crippen molar-refractivity contribution in [3.05, 3.63) is 59.4 Å². The molecular weight excluding hydrogens is 291 g/mol. The van der Waals surface area contributed by atoms with Gasteiger partial charge in [-0.2, -0.15) is 0 Å². The molecule has 2 rings (SSSR count). The molecule has 0 spiro atoms. The predicted octanol–water partition coefficient (Wildman–Crippen LogP) is 2.95. The van der Waals surface area contributed by atoms with Gasteiger partial charge in [-0.1, -0.05) is 18.2 Å². The lowest BCUT2D eigenvalue weighted by atomic mass is 10.1. The molecule has 112 valence electrons. The molecule has 0 fully saturated rings. The van der Waals surface area contributed by atoms with Crippen LogP contribution in [-0.4, -0.2) is 8.42 Å². The van der Waals surface area contributed by atoms with Crippen LogP contribution in [0.2, 0.25) is 0 Å². The molecule has 1 unspecified atom stereocenters. The highest BCUT2D eigenvalue weighted by Crippen LogP contribution is 2.20. The maximum absolute atomic E-state index is 13.5. The van der Waals surface area contributed by atoms with Crippen LogP contribution in [0.4, 0.5) is 10.1 Å². The molecule has 0 saturated heterocycles. The van der Waals surface area contributed by atoms with Gasteiger partial charge >= 0.3 is 0 Å². The highest BCUT2D eigenvalue weighted by molar-refractivity contribution is 7.92. The van der Waals surface area contributed by atoms with Crippen molar-refractivity contribution in [1.29, 1.82) is 0 Å². The smallest absolute Gasteiger partial charge is 0.261 e. The first kappa shape index (κ1) is 15.5. The summed E-state index contributed by atoms with van der Waals surface area (Å²) < 4.78 is 40.4. The Morgan fingerprint density at radius 2 is 1.90 bits per heavy atom. The lowest BCUT2D eigenvalue weighted by molar-refractivity contribution is 0.600. The molecule has 0 bridgehead atoms. The Balaban J connectivity index is 2.33. The standard InChI is InChI=1S/C15H17FN2O2S/c1-10-6-7-13(9-15(10)16)18-21(19,20)14-5-3-4-12(8-14)11(2)17/h3-9,11,18H,17H2,1-2H3. The van der Waals surface area contributed by atoms with Gasteiger partial charge in [-0.25, -0.2) is 12.8 Å². The van der Waals surface area contributed by atoms with E-state index < -0.39 is 15.8 Å². The van der Waals surface area contributed by atoms with Gasteiger partial charge in [0.1, 0.15) is 5.82 Å². The van der Waals surface area contributed by atoms with Gasteiger partial charge in [0.25, 0.3) is 10.0 Å². The van der Waals surface area contributed by atoms with E-state index >= 15 is 0 Å². The fourth-order valence-electron chi connectivity index (χ4n) is 1.84. The SMILES string of the molecule is Cc1ccc(NS(=O)(=O)c2cccc(C(C)N)c2)cc1F. The first-order valence-electron chi connectivity index (χ1n) is 6.44. The van der Waals surface area contributed by atoms with Crippen LogP contribution >= 0.6 is 0 Å². The number of hydrogen-bond acceptors (Lipinski definition) is 3. The molecule has 0 aliphatic heterocycles. The molecule has 2 aromatic carbocycles. The van der Waals surface area contributed by atoms with Crippen molar-refractivity contribution in [2.75, 3.05) is 4.72 Å². The van der Waals surface area contributed by atoms with Crippen LogP contribution in [0.5, 0.6) is 0 Å². The molecule has 2 aromatic rings. The molecule has 0 heterocycles. The van der Waals surface area contributed by atoms with E-state index in [-0.39, 0.29) is 16.6 Å². The van der Waals surface area contributed by atoms with Crippen molar-refractivity contribution >= 4 is 15.7 Å². The van der Waals surface area contributed by atoms with Crippen LogP contribution in [0.3, 0.4) is 0 Å². The van der Waals surface area contributed by atoms with Gasteiger partial charge in [0.2, 0.25) is 0 Å². The Hall–Kier alpha value is -1.92. The van der Waals surface area contributed by atoms with Crippen LogP contribution < -0.4 is 10.5 Å². The van der Waals surface area contributed by atoms with E-state index in [2.05, 4.69) is 4.72 Å². The van der Waals surface area contributed by atoms with E-state index in [0.29, 0.717) is 11.1 Å². The van der Waals surface area contributed by atoms with Crippen LogP contribution in [0.1, 0.15) is 24.1 Å². The summed E-state index contributed by atoms with van der Waals surface area (Å²) in [6.45, 7) is 3.38. The Labute approximate surface area is 123 Å². The fraction of sp³-hybridized carbons (Fsp3) is 0.200. The maximum Gasteiger partial charge on any atom is 0.261 e. The van der Waals surface area contributed by atoms with Crippen LogP contribution in [0.25, 0.3) is 0 Å². The van der Waals surface area contributed by atoms with Gasteiger partial charge in [-0.05, 0) is 49.2 Å². The number of aryl methyl sites for hydroxylation is 1. The summed E-state index contributed by atoms with van der Waals surface area (Å²) in [5.74, 6) is -0.459. The van der Waals surface area contributed by atoms with Gasteiger partial charge in [0.15, 0.2) is 0 Å². The van der Waals surface area contributed by atoms with E-state index in [9.17, 15) is 12.8 Å². The molecule has 1 atom stereocenters. The molecule has 0 radical (unpaired) electrons. The summed E-state index contributed by atoms with van der Waals surface area (Å²) in [6.07, 6.45) is 0. The third-order valence-corrected chi connectivity index (χ3v) is 4.50. The fourth-order valence-corrected chi connectivity index (χ4v) is 2.94. The van der Waals surface area contributed by atoms with Crippen LogP contribution in [-0.2, 0) is 10.0 Å². The predicted molar refractivity (Wildman–Crippen MR) is 81.0 cm³/mol. The third kappa shape index (κ3) is 3.59. The molecule has 6 heteroatoms. The highest BCUT2D eigenvalue weighted by atomic mass is 32.2. The number of sulfonamides is 1. The quantitative estimate of drug-likeness (QED) is 0.912. The minimum absolute atomic E-state index is 0.0956. The minimum atomic E-state index is -3.77. The molecule has 0 aliphatic rings. The van der Waals surface area contributed by atoms with Crippen molar-refractivity contribution in [1.82, 2.24) is 0 Å².